The molecule has 36 heavy (non-hydrogen) atoms. The molecule has 0 aromatic heterocycles. The summed E-state index contributed by atoms with van der Waals surface area (Å²) in [5.74, 6) is -1.91. The summed E-state index contributed by atoms with van der Waals surface area (Å²) in [5, 5.41) is 23.0. The van der Waals surface area contributed by atoms with Crippen LogP contribution in [-0.4, -0.2) is 41.0 Å². The molecule has 7 heteroatoms. The highest BCUT2D eigenvalue weighted by atomic mass is 19.1. The Balaban J connectivity index is 1.60. The summed E-state index contributed by atoms with van der Waals surface area (Å²) in [6, 6.07) is 16.3. The summed E-state index contributed by atoms with van der Waals surface area (Å²) in [6.45, 7) is 7.68. The van der Waals surface area contributed by atoms with Gasteiger partial charge in [0.25, 0.3) is 0 Å². The van der Waals surface area contributed by atoms with Crippen LogP contribution in [0.3, 0.4) is 0 Å². The summed E-state index contributed by atoms with van der Waals surface area (Å²) in [7, 11) is 0. The standard InChI is InChI=1S/C29H33F2NO4/c1-18-13-20(9-11-24(18)28(34)35)26-8-6-5-7-25(26)19(2)36-17-23(33)16-32-29(3,4)15-21-14-22(30)10-12-27(21)31/h5-14,19,23,32-33H,15-17H2,1-4H3,(H,34,35)/t19-,23-/m1/s1. The Hall–Kier alpha value is -3.13. The van der Waals surface area contributed by atoms with Crippen LogP contribution in [-0.2, 0) is 11.2 Å². The molecular formula is C29H33F2NO4. The van der Waals surface area contributed by atoms with Gasteiger partial charge >= 0.3 is 5.97 Å². The molecule has 3 aromatic carbocycles. The maximum absolute atomic E-state index is 14.0. The number of halogens is 2. The lowest BCUT2D eigenvalue weighted by atomic mass is 9.94. The number of hydrogen-bond donors (Lipinski definition) is 3. The fourth-order valence-electron chi connectivity index (χ4n) is 4.20. The van der Waals surface area contributed by atoms with Crippen molar-refractivity contribution in [1.82, 2.24) is 5.32 Å². The van der Waals surface area contributed by atoms with Crippen molar-refractivity contribution < 1.29 is 28.5 Å². The van der Waals surface area contributed by atoms with Gasteiger partial charge in [-0.25, -0.2) is 13.6 Å². The minimum absolute atomic E-state index is 0.0733. The number of rotatable bonds is 11. The average molecular weight is 498 g/mol. The quantitative estimate of drug-likeness (QED) is 0.317. The van der Waals surface area contributed by atoms with Crippen molar-refractivity contribution in [1.29, 1.82) is 0 Å². The van der Waals surface area contributed by atoms with Gasteiger partial charge in [-0.15, -0.1) is 0 Å². The molecule has 192 valence electrons. The molecule has 0 aliphatic heterocycles. The Morgan fingerprint density at radius 1 is 1.08 bits per heavy atom. The number of carbonyl (C=O) groups is 1. The van der Waals surface area contributed by atoms with E-state index in [1.807, 2.05) is 51.1 Å². The number of benzene rings is 3. The van der Waals surface area contributed by atoms with Gasteiger partial charge in [-0.05, 0) is 86.2 Å². The third-order valence-electron chi connectivity index (χ3n) is 6.16. The van der Waals surface area contributed by atoms with Crippen molar-refractivity contribution >= 4 is 5.97 Å². The number of carboxylic acids is 1. The Bertz CT molecular complexity index is 1210. The first-order chi connectivity index (χ1) is 17.0. The van der Waals surface area contributed by atoms with Crippen molar-refractivity contribution in [2.75, 3.05) is 13.2 Å². The zero-order chi connectivity index (χ0) is 26.5. The molecule has 5 nitrogen and oxygen atoms in total. The topological polar surface area (TPSA) is 78.8 Å². The molecule has 3 N–H and O–H groups in total. The maximum Gasteiger partial charge on any atom is 0.335 e. The minimum atomic E-state index is -0.962. The van der Waals surface area contributed by atoms with E-state index in [4.69, 9.17) is 4.74 Å². The van der Waals surface area contributed by atoms with Crippen LogP contribution in [0.15, 0.2) is 60.7 Å². The zero-order valence-corrected chi connectivity index (χ0v) is 21.0. The fourth-order valence-corrected chi connectivity index (χ4v) is 4.20. The predicted molar refractivity (Wildman–Crippen MR) is 136 cm³/mol. The molecule has 0 bridgehead atoms. The zero-order valence-electron chi connectivity index (χ0n) is 21.0. The number of hydrogen-bond acceptors (Lipinski definition) is 4. The number of aliphatic hydroxyl groups excluding tert-OH is 1. The summed E-state index contributed by atoms with van der Waals surface area (Å²) >= 11 is 0. The molecule has 0 amide bonds. The maximum atomic E-state index is 14.0. The molecule has 0 heterocycles. The van der Waals surface area contributed by atoms with Gasteiger partial charge in [-0.2, -0.15) is 0 Å². The van der Waals surface area contributed by atoms with Crippen molar-refractivity contribution in [2.45, 2.75) is 51.9 Å². The molecule has 0 saturated heterocycles. The molecule has 0 aliphatic rings. The van der Waals surface area contributed by atoms with E-state index in [0.717, 1.165) is 28.8 Å². The Kier molecular flexibility index (Phi) is 8.95. The lowest BCUT2D eigenvalue weighted by Crippen LogP contribution is -2.46. The van der Waals surface area contributed by atoms with Crippen molar-refractivity contribution in [2.24, 2.45) is 0 Å². The third kappa shape index (κ3) is 7.20. The summed E-state index contributed by atoms with van der Waals surface area (Å²) in [6.07, 6.45) is -0.883. The van der Waals surface area contributed by atoms with Gasteiger partial charge in [0.15, 0.2) is 0 Å². The number of aromatic carboxylic acids is 1. The van der Waals surface area contributed by atoms with Crippen molar-refractivity contribution in [3.63, 3.8) is 0 Å². The van der Waals surface area contributed by atoms with Gasteiger partial charge in [0.1, 0.15) is 11.6 Å². The lowest BCUT2D eigenvalue weighted by molar-refractivity contribution is -0.00398. The molecule has 0 unspecified atom stereocenters. The van der Waals surface area contributed by atoms with Gasteiger partial charge < -0.3 is 20.3 Å². The Labute approximate surface area is 210 Å². The van der Waals surface area contributed by atoms with Gasteiger partial charge in [0.2, 0.25) is 0 Å². The number of β-amino-alcohol motifs (C(OH)–C–C–N with tert-alkyl or cyclic N) is 1. The highest BCUT2D eigenvalue weighted by Gasteiger charge is 2.22. The van der Waals surface area contributed by atoms with Crippen molar-refractivity contribution in [3.05, 3.63) is 94.6 Å². The average Bonchev–Trinajstić information content (AvgIpc) is 2.83. The van der Waals surface area contributed by atoms with Gasteiger partial charge in [-0.1, -0.05) is 36.4 Å². The number of aryl methyl sites for hydroxylation is 1. The number of nitrogens with one attached hydrogen (secondary N) is 1. The van der Waals surface area contributed by atoms with E-state index in [1.54, 1.807) is 19.1 Å². The highest BCUT2D eigenvalue weighted by molar-refractivity contribution is 5.90. The first kappa shape index (κ1) is 27.5. The highest BCUT2D eigenvalue weighted by Crippen LogP contribution is 2.31. The summed E-state index contributed by atoms with van der Waals surface area (Å²) < 4.78 is 33.5. The first-order valence-electron chi connectivity index (χ1n) is 11.9. The summed E-state index contributed by atoms with van der Waals surface area (Å²) in [5.41, 5.74) is 3.36. The van der Waals surface area contributed by atoms with E-state index in [9.17, 15) is 23.8 Å². The Morgan fingerprint density at radius 2 is 1.81 bits per heavy atom. The second-order valence-electron chi connectivity index (χ2n) is 9.73. The Morgan fingerprint density at radius 3 is 2.50 bits per heavy atom. The molecular weight excluding hydrogens is 464 g/mol. The molecule has 0 fully saturated rings. The van der Waals surface area contributed by atoms with E-state index in [2.05, 4.69) is 5.32 Å². The van der Waals surface area contributed by atoms with Gasteiger partial charge in [0, 0.05) is 12.1 Å². The molecule has 3 aromatic rings. The third-order valence-corrected chi connectivity index (χ3v) is 6.16. The van der Waals surface area contributed by atoms with E-state index in [-0.39, 0.29) is 36.8 Å². The molecule has 0 radical (unpaired) electrons. The second-order valence-corrected chi connectivity index (χ2v) is 9.73. The molecule has 3 rings (SSSR count). The number of aliphatic hydroxyl groups is 1. The van der Waals surface area contributed by atoms with Crippen LogP contribution >= 0.6 is 0 Å². The van der Waals surface area contributed by atoms with Crippen LogP contribution < -0.4 is 5.32 Å². The number of ether oxygens (including phenoxy) is 1. The van der Waals surface area contributed by atoms with Crippen LogP contribution in [0.25, 0.3) is 11.1 Å². The SMILES string of the molecule is Cc1cc(-c2ccccc2[C@@H](C)OC[C@H](O)CNC(C)(C)Cc2cc(F)ccc2F)ccc1C(=O)O. The van der Waals surface area contributed by atoms with Crippen LogP contribution in [0.1, 0.15) is 53.9 Å². The smallest absolute Gasteiger partial charge is 0.335 e. The predicted octanol–water partition coefficient (Wildman–Crippen LogP) is 5.69. The van der Waals surface area contributed by atoms with Crippen LogP contribution in [0, 0.1) is 18.6 Å². The van der Waals surface area contributed by atoms with Gasteiger partial charge in [-0.3, -0.25) is 0 Å². The van der Waals surface area contributed by atoms with E-state index in [1.165, 1.54) is 6.07 Å². The second kappa shape index (κ2) is 11.7. The van der Waals surface area contributed by atoms with Crippen LogP contribution in [0.2, 0.25) is 0 Å². The van der Waals surface area contributed by atoms with E-state index in [0.29, 0.717) is 5.56 Å². The normalized spacial score (nSPS) is 13.4. The van der Waals surface area contributed by atoms with Crippen molar-refractivity contribution in [3.8, 4) is 11.1 Å². The monoisotopic (exact) mass is 497 g/mol. The summed E-state index contributed by atoms with van der Waals surface area (Å²) in [4.78, 5) is 11.3. The largest absolute Gasteiger partial charge is 0.478 e. The first-order valence-corrected chi connectivity index (χ1v) is 11.9. The number of carboxylic acid groups (broad SMARTS) is 1. The van der Waals surface area contributed by atoms with Crippen LogP contribution in [0.5, 0.6) is 0 Å². The molecule has 2 atom stereocenters. The van der Waals surface area contributed by atoms with E-state index >= 15 is 0 Å². The van der Waals surface area contributed by atoms with Crippen LogP contribution in [0.4, 0.5) is 8.78 Å². The molecule has 0 spiro atoms. The van der Waals surface area contributed by atoms with Gasteiger partial charge in [0.05, 0.1) is 24.4 Å². The fraction of sp³-hybridized carbons (Fsp3) is 0.345. The molecule has 0 saturated carbocycles. The minimum Gasteiger partial charge on any atom is -0.478 e. The van der Waals surface area contributed by atoms with E-state index < -0.39 is 29.2 Å². The molecule has 0 aliphatic carbocycles. The lowest BCUT2D eigenvalue weighted by Gasteiger charge is -2.28.